The number of alkyl halides is 3. The van der Waals surface area contributed by atoms with Crippen LogP contribution in [0.3, 0.4) is 0 Å². The van der Waals surface area contributed by atoms with Crippen molar-refractivity contribution in [3.8, 4) is 5.75 Å². The summed E-state index contributed by atoms with van der Waals surface area (Å²) in [6.07, 6.45) is -3.50. The van der Waals surface area contributed by atoms with Crippen molar-refractivity contribution in [2.75, 3.05) is 0 Å². The van der Waals surface area contributed by atoms with Gasteiger partial charge in [0.15, 0.2) is 0 Å². The number of ether oxygens (including phenoxy) is 1. The molecule has 2 nitrogen and oxygen atoms in total. The molecule has 2 atom stereocenters. The molecule has 19 heavy (non-hydrogen) atoms. The van der Waals surface area contributed by atoms with Crippen molar-refractivity contribution in [1.82, 2.24) is 5.32 Å². The maximum absolute atomic E-state index is 12.0. The monoisotopic (exact) mass is 273 g/mol. The normalized spacial score (nSPS) is 22.9. The highest BCUT2D eigenvalue weighted by molar-refractivity contribution is 5.29. The van der Waals surface area contributed by atoms with Gasteiger partial charge >= 0.3 is 6.36 Å². The molecule has 106 valence electrons. The van der Waals surface area contributed by atoms with E-state index in [1.54, 1.807) is 12.1 Å². The summed E-state index contributed by atoms with van der Waals surface area (Å²) in [5, 5.41) is 3.47. The Morgan fingerprint density at radius 2 is 1.79 bits per heavy atom. The van der Waals surface area contributed by atoms with E-state index in [2.05, 4.69) is 23.9 Å². The fraction of sp³-hybridized carbons (Fsp3) is 0.571. The van der Waals surface area contributed by atoms with Crippen LogP contribution in [0.2, 0.25) is 0 Å². The minimum atomic E-state index is -4.64. The number of halogens is 3. The van der Waals surface area contributed by atoms with Gasteiger partial charge in [0.2, 0.25) is 0 Å². The van der Waals surface area contributed by atoms with Gasteiger partial charge in [-0.15, -0.1) is 13.2 Å². The van der Waals surface area contributed by atoms with E-state index < -0.39 is 6.36 Å². The van der Waals surface area contributed by atoms with Crippen molar-refractivity contribution < 1.29 is 17.9 Å². The molecule has 1 aliphatic carbocycles. The summed E-state index contributed by atoms with van der Waals surface area (Å²) in [7, 11) is 0. The molecule has 2 rings (SSSR count). The molecule has 1 N–H and O–H groups in total. The Balaban J connectivity index is 1.94. The van der Waals surface area contributed by atoms with Gasteiger partial charge in [0.1, 0.15) is 5.75 Å². The van der Waals surface area contributed by atoms with E-state index in [-0.39, 0.29) is 11.8 Å². The molecule has 1 aliphatic rings. The van der Waals surface area contributed by atoms with Gasteiger partial charge in [-0.2, -0.15) is 0 Å². The molecule has 5 heteroatoms. The molecule has 0 aromatic heterocycles. The van der Waals surface area contributed by atoms with Gasteiger partial charge in [0.25, 0.3) is 0 Å². The van der Waals surface area contributed by atoms with Crippen molar-refractivity contribution in [2.24, 2.45) is 5.41 Å². The van der Waals surface area contributed by atoms with Crippen LogP contribution in [0.4, 0.5) is 13.2 Å². The summed E-state index contributed by atoms with van der Waals surface area (Å²) in [6, 6.07) is 6.61. The van der Waals surface area contributed by atoms with Crippen LogP contribution in [0, 0.1) is 5.41 Å². The Morgan fingerprint density at radius 1 is 1.26 bits per heavy atom. The van der Waals surface area contributed by atoms with Crippen LogP contribution in [-0.4, -0.2) is 12.4 Å². The highest BCUT2D eigenvalue weighted by Gasteiger charge is 2.45. The van der Waals surface area contributed by atoms with Crippen LogP contribution in [0.5, 0.6) is 5.75 Å². The minimum absolute atomic E-state index is 0.117. The number of nitrogens with one attached hydrogen (secondary N) is 1. The topological polar surface area (TPSA) is 21.3 Å². The first-order valence-electron chi connectivity index (χ1n) is 6.29. The van der Waals surface area contributed by atoms with E-state index >= 15 is 0 Å². The zero-order chi connectivity index (χ0) is 14.3. The first-order chi connectivity index (χ1) is 8.67. The van der Waals surface area contributed by atoms with E-state index in [9.17, 15) is 13.2 Å². The molecule has 0 amide bonds. The van der Waals surface area contributed by atoms with Gasteiger partial charge in [0, 0.05) is 12.1 Å². The second kappa shape index (κ2) is 4.71. The average Bonchev–Trinajstić information content (AvgIpc) is 2.84. The van der Waals surface area contributed by atoms with Gasteiger partial charge in [-0.05, 0) is 36.5 Å². The highest BCUT2D eigenvalue weighted by atomic mass is 19.4. The van der Waals surface area contributed by atoms with Crippen molar-refractivity contribution in [2.45, 2.75) is 45.6 Å². The lowest BCUT2D eigenvalue weighted by atomic mass is 10.1. The third-order valence-corrected chi connectivity index (χ3v) is 3.58. The summed E-state index contributed by atoms with van der Waals surface area (Å²) in [5.74, 6) is -0.185. The Kier molecular flexibility index (Phi) is 3.51. The molecular formula is C14H18F3NO. The number of hydrogen-bond acceptors (Lipinski definition) is 2. The number of hydrogen-bond donors (Lipinski definition) is 1. The molecule has 0 saturated heterocycles. The summed E-state index contributed by atoms with van der Waals surface area (Å²) < 4.78 is 39.9. The first kappa shape index (κ1) is 14.2. The third-order valence-electron chi connectivity index (χ3n) is 3.58. The summed E-state index contributed by atoms with van der Waals surface area (Å²) in [4.78, 5) is 0. The van der Waals surface area contributed by atoms with Crippen LogP contribution in [0.25, 0.3) is 0 Å². The lowest BCUT2D eigenvalue weighted by Crippen LogP contribution is -2.24. The molecule has 1 saturated carbocycles. The van der Waals surface area contributed by atoms with Crippen molar-refractivity contribution >= 4 is 0 Å². The third kappa shape index (κ3) is 3.86. The maximum Gasteiger partial charge on any atom is 0.573 e. The molecule has 1 aromatic carbocycles. The minimum Gasteiger partial charge on any atom is -0.406 e. The fourth-order valence-electron chi connectivity index (χ4n) is 2.11. The van der Waals surface area contributed by atoms with Crippen molar-refractivity contribution in [3.63, 3.8) is 0 Å². The van der Waals surface area contributed by atoms with E-state index in [1.807, 2.05) is 6.92 Å². The molecule has 2 unspecified atom stereocenters. The van der Waals surface area contributed by atoms with Crippen LogP contribution in [-0.2, 0) is 0 Å². The van der Waals surface area contributed by atoms with Gasteiger partial charge in [0.05, 0.1) is 0 Å². The van der Waals surface area contributed by atoms with Crippen LogP contribution >= 0.6 is 0 Å². The van der Waals surface area contributed by atoms with Gasteiger partial charge in [-0.25, -0.2) is 0 Å². The molecule has 0 spiro atoms. The van der Waals surface area contributed by atoms with Gasteiger partial charge in [-0.3, -0.25) is 0 Å². The molecule has 1 fully saturated rings. The van der Waals surface area contributed by atoms with Crippen LogP contribution in [0.1, 0.15) is 38.8 Å². The largest absolute Gasteiger partial charge is 0.573 e. The Labute approximate surface area is 111 Å². The highest BCUT2D eigenvalue weighted by Crippen LogP contribution is 2.45. The molecule has 0 heterocycles. The zero-order valence-corrected chi connectivity index (χ0v) is 11.2. The second-order valence-corrected chi connectivity index (χ2v) is 5.75. The van der Waals surface area contributed by atoms with Crippen LogP contribution < -0.4 is 10.1 Å². The maximum atomic E-state index is 12.0. The molecule has 0 bridgehead atoms. The summed E-state index contributed by atoms with van der Waals surface area (Å²) >= 11 is 0. The van der Waals surface area contributed by atoms with Gasteiger partial charge < -0.3 is 10.1 Å². The van der Waals surface area contributed by atoms with E-state index in [0.29, 0.717) is 11.5 Å². The molecule has 0 radical (unpaired) electrons. The predicted molar refractivity (Wildman–Crippen MR) is 66.9 cm³/mol. The number of rotatable bonds is 4. The Hall–Kier alpha value is -1.23. The summed E-state index contributed by atoms with van der Waals surface area (Å²) in [5.41, 5.74) is 1.28. The van der Waals surface area contributed by atoms with E-state index in [0.717, 1.165) is 12.0 Å². The lowest BCUT2D eigenvalue weighted by molar-refractivity contribution is -0.274. The van der Waals surface area contributed by atoms with E-state index in [4.69, 9.17) is 0 Å². The number of benzene rings is 1. The van der Waals surface area contributed by atoms with Gasteiger partial charge in [-0.1, -0.05) is 26.0 Å². The molecule has 1 aromatic rings. The quantitative estimate of drug-likeness (QED) is 0.894. The SMILES string of the molecule is CC(NC1CC1(C)C)c1ccc(OC(F)(F)F)cc1. The average molecular weight is 273 g/mol. The standard InChI is InChI=1S/C14H18F3NO/c1-9(18-12-8-13(12,2)3)10-4-6-11(7-5-10)19-14(15,16)17/h4-7,9,12,18H,8H2,1-3H3. The smallest absolute Gasteiger partial charge is 0.406 e. The molecule has 0 aliphatic heterocycles. The second-order valence-electron chi connectivity index (χ2n) is 5.75. The first-order valence-corrected chi connectivity index (χ1v) is 6.29. The Morgan fingerprint density at radius 3 is 2.21 bits per heavy atom. The van der Waals surface area contributed by atoms with Crippen molar-refractivity contribution in [3.05, 3.63) is 29.8 Å². The lowest BCUT2D eigenvalue weighted by Gasteiger charge is -2.16. The van der Waals surface area contributed by atoms with E-state index in [1.165, 1.54) is 12.1 Å². The summed E-state index contributed by atoms with van der Waals surface area (Å²) in [6.45, 7) is 6.39. The Bertz CT molecular complexity index is 439. The molecular weight excluding hydrogens is 255 g/mol. The predicted octanol–water partition coefficient (Wildman–Crippen LogP) is 4.03. The van der Waals surface area contributed by atoms with Crippen molar-refractivity contribution in [1.29, 1.82) is 0 Å². The zero-order valence-electron chi connectivity index (χ0n) is 11.2. The van der Waals surface area contributed by atoms with Crippen LogP contribution in [0.15, 0.2) is 24.3 Å². The fourth-order valence-corrected chi connectivity index (χ4v) is 2.11.